The van der Waals surface area contributed by atoms with Gasteiger partial charge in [-0.25, -0.2) is 0 Å². The molecule has 1 aliphatic rings. The molecule has 1 fully saturated rings. The first-order chi connectivity index (χ1) is 10.6. The number of benzene rings is 1. The summed E-state index contributed by atoms with van der Waals surface area (Å²) in [7, 11) is 1.66. The molecule has 0 bridgehead atoms. The molecule has 118 valence electrons. The molecule has 2 rings (SSSR count). The molecule has 0 saturated carbocycles. The van der Waals surface area contributed by atoms with Crippen LogP contribution in [0, 0.1) is 11.8 Å². The molecule has 0 aliphatic carbocycles. The number of hydrogen-bond acceptors (Lipinski definition) is 4. The second-order valence-corrected chi connectivity index (χ2v) is 5.37. The van der Waals surface area contributed by atoms with Crippen molar-refractivity contribution < 1.29 is 14.6 Å². The van der Waals surface area contributed by atoms with E-state index in [-0.39, 0.29) is 12.5 Å². The van der Waals surface area contributed by atoms with Crippen molar-refractivity contribution in [1.29, 1.82) is 0 Å². The Kier molecular flexibility index (Phi) is 6.41. The van der Waals surface area contributed by atoms with Gasteiger partial charge in [0.15, 0.2) is 0 Å². The number of morpholine rings is 1. The molecule has 1 amide bonds. The van der Waals surface area contributed by atoms with Crippen LogP contribution in [0.25, 0.3) is 0 Å². The standard InChI is InChI=1S/C17H22N2O3/c1-18(13-16(20)14-19-9-11-22-12-10-19)17(21)8-7-15-5-3-2-4-6-15/h2-6,16,20H,9-14H2,1H3. The van der Waals surface area contributed by atoms with E-state index in [4.69, 9.17) is 4.74 Å². The number of amides is 1. The maximum absolute atomic E-state index is 12.0. The Morgan fingerprint density at radius 3 is 2.73 bits per heavy atom. The van der Waals surface area contributed by atoms with Crippen LogP contribution in [0.2, 0.25) is 0 Å². The molecule has 1 aromatic carbocycles. The molecule has 0 spiro atoms. The van der Waals surface area contributed by atoms with Crippen LogP contribution >= 0.6 is 0 Å². The average Bonchev–Trinajstić information content (AvgIpc) is 2.54. The molecule has 5 nitrogen and oxygen atoms in total. The lowest BCUT2D eigenvalue weighted by atomic mass is 10.2. The van der Waals surface area contributed by atoms with Crippen molar-refractivity contribution in [1.82, 2.24) is 9.80 Å². The third-order valence-electron chi connectivity index (χ3n) is 3.49. The van der Waals surface area contributed by atoms with Gasteiger partial charge in [0.05, 0.1) is 19.3 Å². The zero-order chi connectivity index (χ0) is 15.8. The number of rotatable bonds is 4. The van der Waals surface area contributed by atoms with Crippen molar-refractivity contribution in [3.8, 4) is 11.8 Å². The van der Waals surface area contributed by atoms with Crippen molar-refractivity contribution in [2.24, 2.45) is 0 Å². The number of nitrogens with zero attached hydrogens (tertiary/aromatic N) is 2. The predicted octanol–water partition coefficient (Wildman–Crippen LogP) is 0.190. The summed E-state index contributed by atoms with van der Waals surface area (Å²) < 4.78 is 5.27. The second kappa shape index (κ2) is 8.54. The average molecular weight is 302 g/mol. The molecule has 1 N–H and O–H groups in total. The summed E-state index contributed by atoms with van der Waals surface area (Å²) in [5.74, 6) is 5.14. The highest BCUT2D eigenvalue weighted by Gasteiger charge is 2.17. The Labute approximate surface area is 131 Å². The van der Waals surface area contributed by atoms with Gasteiger partial charge >= 0.3 is 0 Å². The van der Waals surface area contributed by atoms with Gasteiger partial charge in [0.2, 0.25) is 0 Å². The van der Waals surface area contributed by atoms with E-state index in [1.807, 2.05) is 30.3 Å². The molecule has 0 radical (unpaired) electrons. The van der Waals surface area contributed by atoms with E-state index in [0.717, 1.165) is 18.7 Å². The molecular formula is C17H22N2O3. The van der Waals surface area contributed by atoms with Crippen LogP contribution in [0.15, 0.2) is 30.3 Å². The summed E-state index contributed by atoms with van der Waals surface area (Å²) >= 11 is 0. The van der Waals surface area contributed by atoms with E-state index in [0.29, 0.717) is 19.8 Å². The summed E-state index contributed by atoms with van der Waals surface area (Å²) in [4.78, 5) is 15.6. The maximum atomic E-state index is 12.0. The lowest BCUT2D eigenvalue weighted by Gasteiger charge is -2.29. The van der Waals surface area contributed by atoms with Crippen LogP contribution in [0.3, 0.4) is 0 Å². The minimum Gasteiger partial charge on any atom is -0.390 e. The van der Waals surface area contributed by atoms with Gasteiger partial charge in [-0.15, -0.1) is 0 Å². The molecular weight excluding hydrogens is 280 g/mol. The SMILES string of the molecule is CN(CC(O)CN1CCOCC1)C(=O)C#Cc1ccccc1. The molecule has 1 aromatic rings. The van der Waals surface area contributed by atoms with E-state index >= 15 is 0 Å². The zero-order valence-electron chi connectivity index (χ0n) is 12.9. The Hall–Kier alpha value is -1.87. The number of β-amino-alcohol motifs (C(OH)–C–C–N with tert-alkyl or cyclic N) is 1. The molecule has 1 heterocycles. The first-order valence-corrected chi connectivity index (χ1v) is 7.45. The monoisotopic (exact) mass is 302 g/mol. The third-order valence-corrected chi connectivity index (χ3v) is 3.49. The number of carbonyl (C=O) groups is 1. The predicted molar refractivity (Wildman–Crippen MR) is 84.2 cm³/mol. The second-order valence-electron chi connectivity index (χ2n) is 5.37. The highest BCUT2D eigenvalue weighted by Crippen LogP contribution is 2.00. The van der Waals surface area contributed by atoms with Gasteiger partial charge < -0.3 is 14.7 Å². The van der Waals surface area contributed by atoms with Gasteiger partial charge in [0.1, 0.15) is 0 Å². The number of aliphatic hydroxyl groups excluding tert-OH is 1. The van der Waals surface area contributed by atoms with Gasteiger partial charge in [-0.1, -0.05) is 24.1 Å². The summed E-state index contributed by atoms with van der Waals surface area (Å²) in [5, 5.41) is 10.1. The molecule has 0 aromatic heterocycles. The summed E-state index contributed by atoms with van der Waals surface area (Å²) in [6.07, 6.45) is -0.578. The Morgan fingerprint density at radius 1 is 1.36 bits per heavy atom. The van der Waals surface area contributed by atoms with E-state index < -0.39 is 6.10 Å². The Balaban J connectivity index is 1.79. The number of likely N-dealkylation sites (N-methyl/N-ethyl adjacent to an activating group) is 1. The zero-order valence-corrected chi connectivity index (χ0v) is 12.9. The van der Waals surface area contributed by atoms with Crippen LogP contribution < -0.4 is 0 Å². The van der Waals surface area contributed by atoms with Crippen molar-refractivity contribution in [3.05, 3.63) is 35.9 Å². The fraction of sp³-hybridized carbons (Fsp3) is 0.471. The van der Waals surface area contributed by atoms with Gasteiger partial charge in [0, 0.05) is 44.7 Å². The highest BCUT2D eigenvalue weighted by molar-refractivity contribution is 5.93. The first kappa shape index (κ1) is 16.5. The van der Waals surface area contributed by atoms with Gasteiger partial charge in [-0.2, -0.15) is 0 Å². The molecule has 1 atom stereocenters. The van der Waals surface area contributed by atoms with Crippen molar-refractivity contribution in [3.63, 3.8) is 0 Å². The third kappa shape index (κ3) is 5.49. The van der Waals surface area contributed by atoms with Crippen molar-refractivity contribution >= 4 is 5.91 Å². The fourth-order valence-corrected chi connectivity index (χ4v) is 2.28. The fourth-order valence-electron chi connectivity index (χ4n) is 2.28. The minimum atomic E-state index is -0.578. The van der Waals surface area contributed by atoms with Crippen LogP contribution in [0.5, 0.6) is 0 Å². The number of hydrogen-bond donors (Lipinski definition) is 1. The van der Waals surface area contributed by atoms with E-state index in [9.17, 15) is 9.90 Å². The summed E-state index contributed by atoms with van der Waals surface area (Å²) in [5.41, 5.74) is 0.804. The van der Waals surface area contributed by atoms with E-state index in [1.165, 1.54) is 4.90 Å². The minimum absolute atomic E-state index is 0.277. The lowest BCUT2D eigenvalue weighted by Crippen LogP contribution is -2.44. The largest absolute Gasteiger partial charge is 0.390 e. The first-order valence-electron chi connectivity index (χ1n) is 7.45. The molecule has 22 heavy (non-hydrogen) atoms. The van der Waals surface area contributed by atoms with Crippen molar-refractivity contribution in [2.45, 2.75) is 6.10 Å². The van der Waals surface area contributed by atoms with Crippen LogP contribution in [-0.2, 0) is 9.53 Å². The van der Waals surface area contributed by atoms with E-state index in [1.54, 1.807) is 7.05 Å². The molecule has 1 saturated heterocycles. The lowest BCUT2D eigenvalue weighted by molar-refractivity contribution is -0.125. The number of aliphatic hydroxyl groups is 1. The maximum Gasteiger partial charge on any atom is 0.298 e. The van der Waals surface area contributed by atoms with E-state index in [2.05, 4.69) is 16.7 Å². The Bertz CT molecular complexity index is 530. The topological polar surface area (TPSA) is 53.0 Å². The highest BCUT2D eigenvalue weighted by atomic mass is 16.5. The quantitative estimate of drug-likeness (QED) is 0.807. The van der Waals surface area contributed by atoms with Crippen molar-refractivity contribution in [2.75, 3.05) is 46.4 Å². The van der Waals surface area contributed by atoms with Crippen LogP contribution in [0.1, 0.15) is 5.56 Å². The van der Waals surface area contributed by atoms with Gasteiger partial charge in [-0.3, -0.25) is 9.69 Å². The molecule has 1 unspecified atom stereocenters. The smallest absolute Gasteiger partial charge is 0.298 e. The summed E-state index contributed by atoms with van der Waals surface area (Å²) in [6, 6.07) is 9.37. The Morgan fingerprint density at radius 2 is 2.05 bits per heavy atom. The van der Waals surface area contributed by atoms with Crippen LogP contribution in [0.4, 0.5) is 0 Å². The van der Waals surface area contributed by atoms with Gasteiger partial charge in [0.25, 0.3) is 5.91 Å². The molecule has 5 heteroatoms. The van der Waals surface area contributed by atoms with Gasteiger partial charge in [-0.05, 0) is 12.1 Å². The summed E-state index contributed by atoms with van der Waals surface area (Å²) in [6.45, 7) is 3.87. The number of carbonyl (C=O) groups excluding carboxylic acids is 1. The molecule has 1 aliphatic heterocycles. The van der Waals surface area contributed by atoms with Crippen LogP contribution in [-0.4, -0.2) is 73.4 Å². The number of ether oxygens (including phenoxy) is 1. The normalized spacial score (nSPS) is 16.5.